The first kappa shape index (κ1) is 12.3. The minimum Gasteiger partial charge on any atom is -0.344 e. The zero-order chi connectivity index (χ0) is 13.8. The Balaban J connectivity index is 2.53. The van der Waals surface area contributed by atoms with Crippen LogP contribution >= 0.6 is 0 Å². The summed E-state index contributed by atoms with van der Waals surface area (Å²) in [5.74, 6) is 0. The Kier molecular flexibility index (Phi) is 2.50. The summed E-state index contributed by atoms with van der Waals surface area (Å²) in [4.78, 5) is 0. The lowest BCUT2D eigenvalue weighted by Crippen LogP contribution is -2.13. The zero-order valence-electron chi connectivity index (χ0n) is 12.4. The topological polar surface area (TPSA) is 4.93 Å². The van der Waals surface area contributed by atoms with Crippen molar-refractivity contribution in [3.63, 3.8) is 0 Å². The molecule has 1 nitrogen and oxygen atoms in total. The van der Waals surface area contributed by atoms with Gasteiger partial charge in [-0.1, -0.05) is 45.0 Å². The van der Waals surface area contributed by atoms with Crippen LogP contribution in [0.1, 0.15) is 31.9 Å². The normalized spacial score (nSPS) is 12.5. The highest BCUT2D eigenvalue weighted by Crippen LogP contribution is 2.36. The molecule has 3 rings (SSSR count). The van der Waals surface area contributed by atoms with Crippen LogP contribution in [0.3, 0.4) is 0 Å². The van der Waals surface area contributed by atoms with Crippen LogP contribution in [0.5, 0.6) is 0 Å². The van der Waals surface area contributed by atoms with Gasteiger partial charge in [-0.15, -0.1) is 0 Å². The SMILES string of the molecule is Cc1c(C(C)(C)C)ccc2c1c1ccccc1n2C. The summed E-state index contributed by atoms with van der Waals surface area (Å²) in [5, 5.41) is 2.77. The molecule has 0 aliphatic heterocycles. The summed E-state index contributed by atoms with van der Waals surface area (Å²) in [7, 11) is 2.15. The number of rotatable bonds is 0. The Morgan fingerprint density at radius 3 is 2.26 bits per heavy atom. The molecular weight excluding hydrogens is 230 g/mol. The summed E-state index contributed by atoms with van der Waals surface area (Å²) in [6.45, 7) is 9.11. The first-order valence-electron chi connectivity index (χ1n) is 6.88. The molecule has 0 saturated carbocycles. The lowest BCUT2D eigenvalue weighted by atomic mass is 9.83. The van der Waals surface area contributed by atoms with Crippen LogP contribution in [-0.2, 0) is 12.5 Å². The molecule has 1 heteroatoms. The highest BCUT2D eigenvalue weighted by molar-refractivity contribution is 6.10. The molecule has 0 N–H and O–H groups in total. The van der Waals surface area contributed by atoms with Crippen molar-refractivity contribution < 1.29 is 0 Å². The van der Waals surface area contributed by atoms with Crippen molar-refractivity contribution in [3.8, 4) is 0 Å². The highest BCUT2D eigenvalue weighted by Gasteiger charge is 2.19. The maximum absolute atomic E-state index is 2.30. The quantitative estimate of drug-likeness (QED) is 0.533. The van der Waals surface area contributed by atoms with E-state index in [1.165, 1.54) is 32.9 Å². The van der Waals surface area contributed by atoms with E-state index in [-0.39, 0.29) is 5.41 Å². The van der Waals surface area contributed by atoms with Crippen molar-refractivity contribution in [2.24, 2.45) is 7.05 Å². The molecular formula is C18H21N. The molecule has 0 fully saturated rings. The number of benzene rings is 2. The monoisotopic (exact) mass is 251 g/mol. The van der Waals surface area contributed by atoms with Gasteiger partial charge in [0.1, 0.15) is 0 Å². The Labute approximate surface area is 114 Å². The molecule has 0 aliphatic carbocycles. The Morgan fingerprint density at radius 1 is 0.895 bits per heavy atom. The molecule has 0 amide bonds. The number of para-hydroxylation sites is 1. The van der Waals surface area contributed by atoms with Crippen molar-refractivity contribution in [2.75, 3.05) is 0 Å². The molecule has 1 heterocycles. The van der Waals surface area contributed by atoms with E-state index in [4.69, 9.17) is 0 Å². The standard InChI is InChI=1S/C18H21N/c1-12-14(18(2,3)4)10-11-16-17(12)13-8-6-7-9-15(13)19(16)5/h6-11H,1-5H3. The molecule has 0 saturated heterocycles. The maximum atomic E-state index is 2.30. The summed E-state index contributed by atoms with van der Waals surface area (Å²) in [5.41, 5.74) is 5.69. The van der Waals surface area contributed by atoms with Crippen LogP contribution in [0.25, 0.3) is 21.8 Å². The van der Waals surface area contributed by atoms with E-state index in [1.54, 1.807) is 0 Å². The van der Waals surface area contributed by atoms with Crippen LogP contribution in [0.4, 0.5) is 0 Å². The predicted molar refractivity (Wildman–Crippen MR) is 83.9 cm³/mol. The van der Waals surface area contributed by atoms with E-state index in [0.717, 1.165) is 0 Å². The van der Waals surface area contributed by atoms with Crippen LogP contribution in [-0.4, -0.2) is 4.57 Å². The van der Waals surface area contributed by atoms with E-state index in [9.17, 15) is 0 Å². The Hall–Kier alpha value is -1.76. The number of hydrogen-bond acceptors (Lipinski definition) is 0. The summed E-state index contributed by atoms with van der Waals surface area (Å²) in [6.07, 6.45) is 0. The zero-order valence-corrected chi connectivity index (χ0v) is 12.4. The van der Waals surface area contributed by atoms with E-state index >= 15 is 0 Å². The molecule has 98 valence electrons. The summed E-state index contributed by atoms with van der Waals surface area (Å²) >= 11 is 0. The minimum atomic E-state index is 0.190. The molecule has 0 atom stereocenters. The second-order valence-corrected chi connectivity index (χ2v) is 6.46. The van der Waals surface area contributed by atoms with Crippen LogP contribution in [0.2, 0.25) is 0 Å². The molecule has 0 radical (unpaired) electrons. The average Bonchev–Trinajstić information content (AvgIpc) is 2.64. The van der Waals surface area contributed by atoms with E-state index < -0.39 is 0 Å². The second kappa shape index (κ2) is 3.86. The van der Waals surface area contributed by atoms with Crippen molar-refractivity contribution in [2.45, 2.75) is 33.1 Å². The van der Waals surface area contributed by atoms with Gasteiger partial charge in [0.15, 0.2) is 0 Å². The van der Waals surface area contributed by atoms with Gasteiger partial charge in [-0.3, -0.25) is 0 Å². The fourth-order valence-corrected chi connectivity index (χ4v) is 3.24. The molecule has 0 aliphatic rings. The van der Waals surface area contributed by atoms with Crippen LogP contribution in [0, 0.1) is 6.92 Å². The van der Waals surface area contributed by atoms with Gasteiger partial charge in [0.05, 0.1) is 0 Å². The summed E-state index contributed by atoms with van der Waals surface area (Å²) < 4.78 is 2.30. The fraction of sp³-hybridized carbons (Fsp3) is 0.333. The smallest absolute Gasteiger partial charge is 0.0491 e. The van der Waals surface area contributed by atoms with Gasteiger partial charge >= 0.3 is 0 Å². The van der Waals surface area contributed by atoms with E-state index in [2.05, 4.69) is 75.7 Å². The molecule has 0 spiro atoms. The molecule has 1 aromatic heterocycles. The van der Waals surface area contributed by atoms with Gasteiger partial charge in [0, 0.05) is 28.9 Å². The van der Waals surface area contributed by atoms with Crippen LogP contribution in [0.15, 0.2) is 36.4 Å². The van der Waals surface area contributed by atoms with Crippen molar-refractivity contribution in [1.29, 1.82) is 0 Å². The second-order valence-electron chi connectivity index (χ2n) is 6.46. The highest BCUT2D eigenvalue weighted by atomic mass is 14.9. The van der Waals surface area contributed by atoms with E-state index in [1.807, 2.05) is 0 Å². The van der Waals surface area contributed by atoms with Crippen molar-refractivity contribution in [3.05, 3.63) is 47.5 Å². The van der Waals surface area contributed by atoms with Crippen molar-refractivity contribution in [1.82, 2.24) is 4.57 Å². The lowest BCUT2D eigenvalue weighted by molar-refractivity contribution is 0.587. The minimum absolute atomic E-state index is 0.190. The molecule has 2 aromatic carbocycles. The predicted octanol–water partition coefficient (Wildman–Crippen LogP) is 4.94. The number of nitrogens with zero attached hydrogens (tertiary/aromatic N) is 1. The molecule has 19 heavy (non-hydrogen) atoms. The third-order valence-corrected chi connectivity index (χ3v) is 4.15. The lowest BCUT2D eigenvalue weighted by Gasteiger charge is -2.22. The van der Waals surface area contributed by atoms with Gasteiger partial charge in [-0.25, -0.2) is 0 Å². The average molecular weight is 251 g/mol. The van der Waals surface area contributed by atoms with Gasteiger partial charge in [-0.05, 0) is 35.6 Å². The van der Waals surface area contributed by atoms with E-state index in [0.29, 0.717) is 0 Å². The molecule has 0 bridgehead atoms. The Morgan fingerprint density at radius 2 is 1.58 bits per heavy atom. The Bertz CT molecular complexity index is 770. The largest absolute Gasteiger partial charge is 0.344 e. The van der Waals surface area contributed by atoms with Gasteiger partial charge < -0.3 is 4.57 Å². The third kappa shape index (κ3) is 1.68. The number of fused-ring (bicyclic) bond motifs is 3. The number of aryl methyl sites for hydroxylation is 2. The fourth-order valence-electron chi connectivity index (χ4n) is 3.24. The summed E-state index contributed by atoms with van der Waals surface area (Å²) in [6, 6.07) is 13.2. The van der Waals surface area contributed by atoms with Gasteiger partial charge in [-0.2, -0.15) is 0 Å². The van der Waals surface area contributed by atoms with Crippen molar-refractivity contribution >= 4 is 21.8 Å². The van der Waals surface area contributed by atoms with Crippen LogP contribution < -0.4 is 0 Å². The molecule has 3 aromatic rings. The third-order valence-electron chi connectivity index (χ3n) is 4.15. The van der Waals surface area contributed by atoms with Gasteiger partial charge in [0.25, 0.3) is 0 Å². The maximum Gasteiger partial charge on any atom is 0.0491 e. The first-order valence-corrected chi connectivity index (χ1v) is 6.88. The number of aromatic nitrogens is 1. The number of hydrogen-bond donors (Lipinski definition) is 0. The van der Waals surface area contributed by atoms with Gasteiger partial charge in [0.2, 0.25) is 0 Å². The molecule has 0 unspecified atom stereocenters. The first-order chi connectivity index (χ1) is 8.91.